The zero-order chi connectivity index (χ0) is 66.1. The van der Waals surface area contributed by atoms with Crippen LogP contribution in [0.5, 0.6) is 0 Å². The van der Waals surface area contributed by atoms with Crippen molar-refractivity contribution < 1.29 is 42.9 Å². The second-order valence-corrected chi connectivity index (χ2v) is 27.3. The van der Waals surface area contributed by atoms with E-state index in [1.165, 1.54) is 250 Å². The number of esters is 2. The molecular formula is C82H147NO8. The van der Waals surface area contributed by atoms with Gasteiger partial charge in [0.1, 0.15) is 13.2 Å². The summed E-state index contributed by atoms with van der Waals surface area (Å²) in [5, 5.41) is 11.8. The van der Waals surface area contributed by atoms with Gasteiger partial charge in [0.2, 0.25) is 0 Å². The molecule has 0 aliphatic heterocycles. The summed E-state index contributed by atoms with van der Waals surface area (Å²) in [7, 11) is 5.94. The Morgan fingerprint density at radius 1 is 0.341 bits per heavy atom. The highest BCUT2D eigenvalue weighted by atomic mass is 16.7. The van der Waals surface area contributed by atoms with Gasteiger partial charge in [-0.05, 0) is 89.9 Å². The summed E-state index contributed by atoms with van der Waals surface area (Å²) in [4.78, 5) is 37.5. The van der Waals surface area contributed by atoms with Crippen LogP contribution >= 0.6 is 0 Å². The van der Waals surface area contributed by atoms with Crippen molar-refractivity contribution in [1.82, 2.24) is 0 Å². The van der Waals surface area contributed by atoms with Crippen LogP contribution in [0.4, 0.5) is 0 Å². The molecule has 0 heterocycles. The molecule has 0 N–H and O–H groups in total. The number of carbonyl (C=O) groups excluding carboxylic acids is 3. The van der Waals surface area contributed by atoms with Crippen LogP contribution in [-0.2, 0) is 33.3 Å². The third-order valence-electron chi connectivity index (χ3n) is 17.1. The SMILES string of the molecule is CC/C=C\C/C=C\C/C=C\C/C=C\CCCCCCCCCCCCCCC(=O)OC(COC(=O)CCCCCCCCCCCCCCCCCCCCCCCCCCCC/C=C\C/C=C\C/C=C\CCCCCCC)COC(OCC[N+](C)(C)C)C(=O)[O-]. The maximum Gasteiger partial charge on any atom is 0.306 e. The number of nitrogens with zero attached hydrogens (tertiary/aromatic N) is 1. The normalized spacial score (nSPS) is 13.1. The molecule has 0 amide bonds. The van der Waals surface area contributed by atoms with Gasteiger partial charge in [-0.1, -0.05) is 343 Å². The van der Waals surface area contributed by atoms with Gasteiger partial charge in [0.15, 0.2) is 12.4 Å². The van der Waals surface area contributed by atoms with Crippen molar-refractivity contribution in [1.29, 1.82) is 0 Å². The standard InChI is InChI=1S/C82H147NO8/c1-6-8-10-12-14-16-18-20-22-24-26-28-30-32-33-34-35-36-37-38-39-40-41-42-43-44-45-46-47-49-50-52-54-56-58-60-62-64-66-68-70-72-79(84)89-76-78(77-90-82(81(86)87)88-75-74-83(3,4)5)91-80(85)73-71-69-67-65-63-61-59-57-55-53-51-48-31-29-27-25-23-21-19-17-15-13-11-9-7-2/h9,11,15,17-18,20-21,23-24,26-27,29-30,32,78,82H,6-8,10,12-14,16,19,22,25,28,31,33-77H2,1-5H3/b11-9-,17-15-,20-18-,23-21-,26-24-,29-27-,32-30-. The van der Waals surface area contributed by atoms with Gasteiger partial charge >= 0.3 is 11.9 Å². The number of quaternary nitrogens is 1. The van der Waals surface area contributed by atoms with E-state index in [1.54, 1.807) is 0 Å². The van der Waals surface area contributed by atoms with E-state index in [1.807, 2.05) is 21.1 Å². The number of ether oxygens (including phenoxy) is 4. The summed E-state index contributed by atoms with van der Waals surface area (Å²) in [6.45, 7) is 4.67. The highest BCUT2D eigenvalue weighted by molar-refractivity contribution is 5.70. The zero-order valence-corrected chi connectivity index (χ0v) is 60.5. The van der Waals surface area contributed by atoms with Crippen LogP contribution in [0.3, 0.4) is 0 Å². The Labute approximate surface area is 563 Å². The maximum absolute atomic E-state index is 12.9. The molecule has 91 heavy (non-hydrogen) atoms. The molecule has 0 aliphatic carbocycles. The van der Waals surface area contributed by atoms with Crippen molar-refractivity contribution >= 4 is 17.9 Å². The quantitative estimate of drug-likeness (QED) is 0.0195. The smallest absolute Gasteiger partial charge is 0.306 e. The lowest BCUT2D eigenvalue weighted by atomic mass is 10.0. The van der Waals surface area contributed by atoms with E-state index >= 15 is 0 Å². The number of hydrogen-bond acceptors (Lipinski definition) is 8. The summed E-state index contributed by atoms with van der Waals surface area (Å²) in [6.07, 6.45) is 95.6. The van der Waals surface area contributed by atoms with Gasteiger partial charge in [0.25, 0.3) is 0 Å². The van der Waals surface area contributed by atoms with Gasteiger partial charge in [0, 0.05) is 12.8 Å². The van der Waals surface area contributed by atoms with Crippen molar-refractivity contribution in [3.8, 4) is 0 Å². The summed E-state index contributed by atoms with van der Waals surface area (Å²) >= 11 is 0. The molecule has 0 aromatic heterocycles. The molecule has 2 atom stereocenters. The van der Waals surface area contributed by atoms with Crippen molar-refractivity contribution in [2.24, 2.45) is 0 Å². The molecular weight excluding hydrogens is 1130 g/mol. The van der Waals surface area contributed by atoms with E-state index in [-0.39, 0.29) is 32.2 Å². The predicted octanol–water partition coefficient (Wildman–Crippen LogP) is 23.3. The molecule has 528 valence electrons. The Morgan fingerprint density at radius 3 is 0.934 bits per heavy atom. The van der Waals surface area contributed by atoms with Crippen LogP contribution in [0, 0.1) is 0 Å². The molecule has 0 fully saturated rings. The summed E-state index contributed by atoms with van der Waals surface area (Å²) < 4.78 is 22.8. The predicted molar refractivity (Wildman–Crippen MR) is 389 cm³/mol. The van der Waals surface area contributed by atoms with E-state index in [2.05, 4.69) is 98.9 Å². The summed E-state index contributed by atoms with van der Waals surface area (Å²) in [5.41, 5.74) is 0. The lowest BCUT2D eigenvalue weighted by molar-refractivity contribution is -0.870. The minimum absolute atomic E-state index is 0.147. The molecule has 0 saturated carbocycles. The van der Waals surface area contributed by atoms with Crippen molar-refractivity contribution in [3.63, 3.8) is 0 Å². The monoisotopic (exact) mass is 1270 g/mol. The second kappa shape index (κ2) is 72.3. The summed E-state index contributed by atoms with van der Waals surface area (Å²) in [5.74, 6) is -2.27. The number of hydrogen-bond donors (Lipinski definition) is 0. The fourth-order valence-electron chi connectivity index (χ4n) is 11.2. The van der Waals surface area contributed by atoms with E-state index < -0.39 is 24.3 Å². The first-order chi connectivity index (χ1) is 44.6. The van der Waals surface area contributed by atoms with Crippen molar-refractivity contribution in [3.05, 3.63) is 85.1 Å². The Bertz CT molecular complexity index is 1770. The Kier molecular flexibility index (Phi) is 69.5. The number of carbonyl (C=O) groups is 3. The molecule has 0 bridgehead atoms. The first-order valence-corrected chi connectivity index (χ1v) is 38.7. The van der Waals surface area contributed by atoms with Crippen LogP contribution in [-0.4, -0.2) is 82.3 Å². The molecule has 0 aromatic rings. The first kappa shape index (κ1) is 87.5. The molecule has 0 spiro atoms. The van der Waals surface area contributed by atoms with E-state index in [0.717, 1.165) is 77.0 Å². The van der Waals surface area contributed by atoms with Gasteiger partial charge in [-0.25, -0.2) is 0 Å². The first-order valence-electron chi connectivity index (χ1n) is 38.7. The largest absolute Gasteiger partial charge is 0.545 e. The van der Waals surface area contributed by atoms with Gasteiger partial charge in [-0.2, -0.15) is 0 Å². The fraction of sp³-hybridized carbons (Fsp3) is 0.793. The third kappa shape index (κ3) is 73.7. The van der Waals surface area contributed by atoms with Gasteiger partial charge in [0.05, 0.1) is 40.3 Å². The molecule has 9 nitrogen and oxygen atoms in total. The molecule has 0 rings (SSSR count). The number of carboxylic acid groups (broad SMARTS) is 1. The molecule has 9 heteroatoms. The lowest BCUT2D eigenvalue weighted by Crippen LogP contribution is -2.44. The maximum atomic E-state index is 12.9. The summed E-state index contributed by atoms with van der Waals surface area (Å²) in [6, 6.07) is 0. The van der Waals surface area contributed by atoms with E-state index in [9.17, 15) is 19.5 Å². The van der Waals surface area contributed by atoms with Gasteiger partial charge in [-0.15, -0.1) is 0 Å². The van der Waals surface area contributed by atoms with Crippen molar-refractivity contribution in [2.45, 2.75) is 373 Å². The van der Waals surface area contributed by atoms with Gasteiger partial charge < -0.3 is 33.3 Å². The van der Waals surface area contributed by atoms with Crippen molar-refractivity contribution in [2.75, 3.05) is 47.5 Å². The number of allylic oxidation sites excluding steroid dienone is 14. The number of carboxylic acids is 1. The Balaban J connectivity index is 3.96. The average Bonchev–Trinajstić information content (AvgIpc) is 3.46. The van der Waals surface area contributed by atoms with E-state index in [0.29, 0.717) is 23.9 Å². The second-order valence-electron chi connectivity index (χ2n) is 27.3. The zero-order valence-electron chi connectivity index (χ0n) is 60.5. The Hall–Kier alpha value is -3.53. The number of unbranched alkanes of at least 4 members (excludes halogenated alkanes) is 43. The van der Waals surface area contributed by atoms with Crippen LogP contribution in [0.1, 0.15) is 361 Å². The van der Waals surface area contributed by atoms with Crippen LogP contribution in [0.25, 0.3) is 0 Å². The number of rotatable bonds is 72. The minimum atomic E-state index is -1.62. The highest BCUT2D eigenvalue weighted by Gasteiger charge is 2.22. The minimum Gasteiger partial charge on any atom is -0.545 e. The number of aliphatic carboxylic acids is 1. The van der Waals surface area contributed by atoms with E-state index in [4.69, 9.17) is 18.9 Å². The Morgan fingerprint density at radius 2 is 0.626 bits per heavy atom. The molecule has 0 aliphatic rings. The molecule has 0 aromatic carbocycles. The number of likely N-dealkylation sites (N-methyl/N-ethyl adjacent to an activating group) is 1. The topological polar surface area (TPSA) is 111 Å². The highest BCUT2D eigenvalue weighted by Crippen LogP contribution is 2.19. The van der Waals surface area contributed by atoms with Crippen LogP contribution in [0.15, 0.2) is 85.1 Å². The molecule has 0 radical (unpaired) electrons. The lowest BCUT2D eigenvalue weighted by Gasteiger charge is -2.26. The fourth-order valence-corrected chi connectivity index (χ4v) is 11.2. The third-order valence-corrected chi connectivity index (χ3v) is 17.1. The average molecular weight is 1280 g/mol. The van der Waals surface area contributed by atoms with Gasteiger partial charge in [-0.3, -0.25) is 9.59 Å². The van der Waals surface area contributed by atoms with Crippen LogP contribution in [0.2, 0.25) is 0 Å². The van der Waals surface area contributed by atoms with Crippen LogP contribution < -0.4 is 5.11 Å². The molecule has 0 saturated heterocycles. The molecule has 2 unspecified atom stereocenters.